The van der Waals surface area contributed by atoms with Crippen LogP contribution in [0.5, 0.6) is 0 Å². The summed E-state index contributed by atoms with van der Waals surface area (Å²) < 4.78 is 0. The summed E-state index contributed by atoms with van der Waals surface area (Å²) >= 11 is 0. The molecule has 1 unspecified atom stereocenters. The van der Waals surface area contributed by atoms with Gasteiger partial charge in [-0.05, 0) is 24.3 Å². The molecule has 0 aliphatic rings. The minimum Gasteiger partial charge on any atom is -0.313 e. The van der Waals surface area contributed by atoms with Gasteiger partial charge in [-0.15, -0.1) is 0 Å². The van der Waals surface area contributed by atoms with Gasteiger partial charge in [0.2, 0.25) is 0 Å². The van der Waals surface area contributed by atoms with Gasteiger partial charge in [-0.2, -0.15) is 0 Å². The summed E-state index contributed by atoms with van der Waals surface area (Å²) in [6.45, 7) is 15.0. The lowest BCUT2D eigenvalue weighted by molar-refractivity contribution is 0.184. The third kappa shape index (κ3) is 4.45. The molecule has 0 spiro atoms. The van der Waals surface area contributed by atoms with E-state index in [1.165, 1.54) is 19.3 Å². The van der Waals surface area contributed by atoms with E-state index in [1.807, 2.05) is 0 Å². The van der Waals surface area contributed by atoms with E-state index in [0.29, 0.717) is 11.5 Å². The Bertz CT molecular complexity index is 131. The van der Waals surface area contributed by atoms with E-state index in [2.05, 4.69) is 46.9 Å². The first-order chi connectivity index (χ1) is 6.47. The highest BCUT2D eigenvalue weighted by molar-refractivity contribution is 4.85. The molecule has 0 saturated carbocycles. The molecule has 0 aliphatic carbocycles. The third-order valence-electron chi connectivity index (χ3n) is 3.07. The number of nitrogens with one attached hydrogen (secondary N) is 1. The van der Waals surface area contributed by atoms with E-state index < -0.39 is 0 Å². The van der Waals surface area contributed by atoms with Crippen molar-refractivity contribution in [2.24, 2.45) is 11.3 Å². The van der Waals surface area contributed by atoms with E-state index in [-0.39, 0.29) is 0 Å². The van der Waals surface area contributed by atoms with E-state index in [0.717, 1.165) is 12.5 Å². The molecule has 1 nitrogen and oxygen atoms in total. The molecule has 0 amide bonds. The van der Waals surface area contributed by atoms with Crippen LogP contribution in [0.4, 0.5) is 0 Å². The predicted molar refractivity (Wildman–Crippen MR) is 65.6 cm³/mol. The topological polar surface area (TPSA) is 12.0 Å². The van der Waals surface area contributed by atoms with Crippen LogP contribution >= 0.6 is 0 Å². The van der Waals surface area contributed by atoms with Crippen molar-refractivity contribution in [3.63, 3.8) is 0 Å². The zero-order chi connectivity index (χ0) is 11.2. The SMILES string of the molecule is CCCNC(C(CC)CC)C(C)(C)C. The van der Waals surface area contributed by atoms with E-state index in [1.54, 1.807) is 0 Å². The maximum atomic E-state index is 3.71. The van der Waals surface area contributed by atoms with Gasteiger partial charge in [0.15, 0.2) is 0 Å². The highest BCUT2D eigenvalue weighted by atomic mass is 14.9. The zero-order valence-corrected chi connectivity index (χ0v) is 11.0. The molecule has 0 saturated heterocycles. The summed E-state index contributed by atoms with van der Waals surface area (Å²) in [6, 6.07) is 0.664. The molecule has 1 N–H and O–H groups in total. The summed E-state index contributed by atoms with van der Waals surface area (Å²) in [5.41, 5.74) is 0.381. The second-order valence-electron chi connectivity index (χ2n) is 5.37. The summed E-state index contributed by atoms with van der Waals surface area (Å²) in [7, 11) is 0. The summed E-state index contributed by atoms with van der Waals surface area (Å²) in [5.74, 6) is 0.821. The van der Waals surface area contributed by atoms with Gasteiger partial charge in [-0.3, -0.25) is 0 Å². The van der Waals surface area contributed by atoms with Crippen molar-refractivity contribution >= 4 is 0 Å². The first kappa shape index (κ1) is 14.0. The van der Waals surface area contributed by atoms with Crippen LogP contribution in [0.2, 0.25) is 0 Å². The molecule has 0 bridgehead atoms. The zero-order valence-electron chi connectivity index (χ0n) is 11.0. The van der Waals surface area contributed by atoms with E-state index in [9.17, 15) is 0 Å². The number of hydrogen-bond acceptors (Lipinski definition) is 1. The molecule has 14 heavy (non-hydrogen) atoms. The van der Waals surface area contributed by atoms with Crippen LogP contribution in [-0.4, -0.2) is 12.6 Å². The molecule has 1 heteroatoms. The maximum absolute atomic E-state index is 3.71. The molecule has 0 radical (unpaired) electrons. The van der Waals surface area contributed by atoms with Gasteiger partial charge >= 0.3 is 0 Å². The summed E-state index contributed by atoms with van der Waals surface area (Å²) in [4.78, 5) is 0. The van der Waals surface area contributed by atoms with Gasteiger partial charge in [0, 0.05) is 6.04 Å². The lowest BCUT2D eigenvalue weighted by Crippen LogP contribution is -2.45. The first-order valence-corrected chi connectivity index (χ1v) is 6.20. The smallest absolute Gasteiger partial charge is 0.0144 e. The average Bonchev–Trinajstić information content (AvgIpc) is 2.10. The lowest BCUT2D eigenvalue weighted by Gasteiger charge is -2.37. The fraction of sp³-hybridized carbons (Fsp3) is 1.00. The Labute approximate surface area is 90.7 Å². The summed E-state index contributed by atoms with van der Waals surface area (Å²) in [5, 5.41) is 3.71. The Morgan fingerprint density at radius 2 is 1.50 bits per heavy atom. The maximum Gasteiger partial charge on any atom is 0.0144 e. The second-order valence-corrected chi connectivity index (χ2v) is 5.37. The summed E-state index contributed by atoms with van der Waals surface area (Å²) in [6.07, 6.45) is 3.80. The van der Waals surface area contributed by atoms with Crippen molar-refractivity contribution in [3.05, 3.63) is 0 Å². The molecule has 0 aliphatic heterocycles. The molecule has 0 heterocycles. The standard InChI is InChI=1S/C13H29N/c1-7-10-14-12(13(4,5)6)11(8-2)9-3/h11-12,14H,7-10H2,1-6H3. The Balaban J connectivity index is 4.37. The predicted octanol–water partition coefficient (Wildman–Crippen LogP) is 3.84. The second kappa shape index (κ2) is 6.44. The molecule has 0 rings (SSSR count). The van der Waals surface area contributed by atoms with Crippen molar-refractivity contribution in [1.82, 2.24) is 5.32 Å². The van der Waals surface area contributed by atoms with Crippen LogP contribution in [-0.2, 0) is 0 Å². The van der Waals surface area contributed by atoms with Crippen LogP contribution < -0.4 is 5.32 Å². The molecule has 0 fully saturated rings. The van der Waals surface area contributed by atoms with Crippen molar-refractivity contribution in [2.75, 3.05) is 6.54 Å². The minimum atomic E-state index is 0.381. The van der Waals surface area contributed by atoms with E-state index in [4.69, 9.17) is 0 Å². The van der Waals surface area contributed by atoms with Crippen LogP contribution in [0.15, 0.2) is 0 Å². The third-order valence-corrected chi connectivity index (χ3v) is 3.07. The van der Waals surface area contributed by atoms with Crippen LogP contribution in [0.3, 0.4) is 0 Å². The molecule has 0 aromatic carbocycles. The normalized spacial score (nSPS) is 14.8. The van der Waals surface area contributed by atoms with Crippen LogP contribution in [0.25, 0.3) is 0 Å². The highest BCUT2D eigenvalue weighted by Crippen LogP contribution is 2.28. The Kier molecular flexibility index (Phi) is 6.43. The van der Waals surface area contributed by atoms with Gasteiger partial charge in [0.05, 0.1) is 0 Å². The van der Waals surface area contributed by atoms with Crippen molar-refractivity contribution < 1.29 is 0 Å². The van der Waals surface area contributed by atoms with Gasteiger partial charge in [-0.25, -0.2) is 0 Å². The van der Waals surface area contributed by atoms with Gasteiger partial charge < -0.3 is 5.32 Å². The minimum absolute atomic E-state index is 0.381. The van der Waals surface area contributed by atoms with Gasteiger partial charge in [0.25, 0.3) is 0 Å². The monoisotopic (exact) mass is 199 g/mol. The van der Waals surface area contributed by atoms with E-state index >= 15 is 0 Å². The van der Waals surface area contributed by atoms with Gasteiger partial charge in [-0.1, -0.05) is 54.4 Å². The molecular weight excluding hydrogens is 170 g/mol. The number of rotatable bonds is 6. The largest absolute Gasteiger partial charge is 0.313 e. The Morgan fingerprint density at radius 1 is 1.00 bits per heavy atom. The molecule has 86 valence electrons. The fourth-order valence-corrected chi connectivity index (χ4v) is 2.24. The molecule has 1 atom stereocenters. The van der Waals surface area contributed by atoms with Crippen molar-refractivity contribution in [3.8, 4) is 0 Å². The first-order valence-electron chi connectivity index (χ1n) is 6.20. The van der Waals surface area contributed by atoms with Crippen LogP contribution in [0, 0.1) is 11.3 Å². The fourth-order valence-electron chi connectivity index (χ4n) is 2.24. The quantitative estimate of drug-likeness (QED) is 0.685. The molecular formula is C13H29N. The molecule has 0 aromatic rings. The average molecular weight is 199 g/mol. The van der Waals surface area contributed by atoms with Crippen molar-refractivity contribution in [2.45, 2.75) is 66.8 Å². The Hall–Kier alpha value is -0.0400. The highest BCUT2D eigenvalue weighted by Gasteiger charge is 2.29. The number of hydrogen-bond donors (Lipinski definition) is 1. The lowest BCUT2D eigenvalue weighted by atomic mass is 9.76. The van der Waals surface area contributed by atoms with Gasteiger partial charge in [0.1, 0.15) is 0 Å². The van der Waals surface area contributed by atoms with Crippen LogP contribution in [0.1, 0.15) is 60.8 Å². The Morgan fingerprint density at radius 3 is 1.79 bits per heavy atom. The molecule has 0 aromatic heterocycles. The van der Waals surface area contributed by atoms with Crippen molar-refractivity contribution in [1.29, 1.82) is 0 Å².